The van der Waals surface area contributed by atoms with Crippen LogP contribution in [-0.4, -0.2) is 74.1 Å². The van der Waals surface area contributed by atoms with E-state index in [1.807, 2.05) is 4.90 Å². The summed E-state index contributed by atoms with van der Waals surface area (Å²) in [6.45, 7) is 17.1. The molecule has 170 valence electrons. The molecule has 2 aliphatic rings. The summed E-state index contributed by atoms with van der Waals surface area (Å²) in [5.74, 6) is 2.03. The predicted molar refractivity (Wildman–Crippen MR) is 119 cm³/mol. The van der Waals surface area contributed by atoms with Crippen molar-refractivity contribution >= 4 is 12.3 Å². The first-order chi connectivity index (χ1) is 13.9. The van der Waals surface area contributed by atoms with Gasteiger partial charge in [0.1, 0.15) is 0 Å². The van der Waals surface area contributed by atoms with E-state index < -0.39 is 0 Å². The van der Waals surface area contributed by atoms with Crippen molar-refractivity contribution in [2.45, 2.75) is 72.8 Å². The third kappa shape index (κ3) is 10.4. The van der Waals surface area contributed by atoms with Gasteiger partial charge in [-0.05, 0) is 70.9 Å². The van der Waals surface area contributed by atoms with E-state index in [-0.39, 0.29) is 11.8 Å². The van der Waals surface area contributed by atoms with Gasteiger partial charge in [0.2, 0.25) is 12.3 Å². The summed E-state index contributed by atoms with van der Waals surface area (Å²) in [6.07, 6.45) is 6.35. The van der Waals surface area contributed by atoms with Crippen molar-refractivity contribution in [1.29, 1.82) is 0 Å². The summed E-state index contributed by atoms with van der Waals surface area (Å²) in [5, 5.41) is 2.97. The maximum absolute atomic E-state index is 11.9. The van der Waals surface area contributed by atoms with Crippen LogP contribution in [0.3, 0.4) is 0 Å². The third-order valence-corrected chi connectivity index (χ3v) is 6.19. The van der Waals surface area contributed by atoms with E-state index in [1.54, 1.807) is 0 Å². The van der Waals surface area contributed by atoms with Crippen molar-refractivity contribution < 1.29 is 14.3 Å². The van der Waals surface area contributed by atoms with Crippen molar-refractivity contribution in [3.05, 3.63) is 0 Å². The number of nitrogens with zero attached hydrogens (tertiary/aromatic N) is 2. The Morgan fingerprint density at radius 1 is 1.03 bits per heavy atom. The fraction of sp³-hybridized carbons (Fsp3) is 0.913. The molecule has 0 aromatic heterocycles. The molecule has 2 fully saturated rings. The Kier molecular flexibility index (Phi) is 13.2. The Balaban J connectivity index is 0.000000326. The van der Waals surface area contributed by atoms with Crippen LogP contribution in [0.5, 0.6) is 0 Å². The summed E-state index contributed by atoms with van der Waals surface area (Å²) in [6, 6.07) is 0.594. The summed E-state index contributed by atoms with van der Waals surface area (Å²) in [7, 11) is 0. The normalized spacial score (nSPS) is 19.2. The number of amides is 2. The number of nitrogens with one attached hydrogen (secondary N) is 1. The van der Waals surface area contributed by atoms with E-state index >= 15 is 0 Å². The van der Waals surface area contributed by atoms with Gasteiger partial charge in [-0.3, -0.25) is 9.59 Å². The molecule has 0 aromatic carbocycles. The highest BCUT2D eigenvalue weighted by Crippen LogP contribution is 2.23. The molecule has 2 amide bonds. The molecule has 0 aromatic rings. The second-order valence-electron chi connectivity index (χ2n) is 9.03. The quantitative estimate of drug-likeness (QED) is 0.468. The van der Waals surface area contributed by atoms with Crippen molar-refractivity contribution in [2.75, 3.05) is 45.9 Å². The monoisotopic (exact) mass is 411 g/mol. The van der Waals surface area contributed by atoms with Gasteiger partial charge in [-0.25, -0.2) is 0 Å². The summed E-state index contributed by atoms with van der Waals surface area (Å²) >= 11 is 0. The fourth-order valence-corrected chi connectivity index (χ4v) is 4.01. The second kappa shape index (κ2) is 14.8. The van der Waals surface area contributed by atoms with Crippen LogP contribution in [0.15, 0.2) is 0 Å². The van der Waals surface area contributed by atoms with Crippen molar-refractivity contribution in [3.63, 3.8) is 0 Å². The average molecular weight is 412 g/mol. The lowest BCUT2D eigenvalue weighted by Crippen LogP contribution is -2.43. The Morgan fingerprint density at radius 3 is 2.14 bits per heavy atom. The van der Waals surface area contributed by atoms with Gasteiger partial charge in [0.15, 0.2) is 0 Å². The molecule has 0 saturated carbocycles. The largest absolute Gasteiger partial charge is 0.380 e. The topological polar surface area (TPSA) is 61.9 Å². The van der Waals surface area contributed by atoms with E-state index in [9.17, 15) is 9.59 Å². The van der Waals surface area contributed by atoms with Crippen LogP contribution in [0.1, 0.15) is 66.7 Å². The lowest BCUT2D eigenvalue weighted by atomic mass is 9.87. The standard InChI is InChI=1S/C14H28N2O2.C9H17NO/c1-4-10-18-11-7-15-14(17)13-5-8-16(9-6-13)12(2)3;1-8(2)9-3-5-10(7-11)6-4-9/h12-13H,4-11H2,1-3H3,(H,15,17);7-9H,3-6H2,1-2H3. The number of hydrogen-bond acceptors (Lipinski definition) is 4. The fourth-order valence-electron chi connectivity index (χ4n) is 4.01. The first kappa shape index (κ1) is 25.9. The third-order valence-electron chi connectivity index (χ3n) is 6.19. The Morgan fingerprint density at radius 2 is 1.66 bits per heavy atom. The van der Waals surface area contributed by atoms with E-state index in [0.29, 0.717) is 19.2 Å². The molecule has 0 aliphatic carbocycles. The highest BCUT2D eigenvalue weighted by molar-refractivity contribution is 5.78. The second-order valence-corrected chi connectivity index (χ2v) is 9.03. The number of carbonyl (C=O) groups excluding carboxylic acids is 2. The molecule has 2 saturated heterocycles. The lowest BCUT2D eigenvalue weighted by molar-refractivity contribution is -0.126. The van der Waals surface area contributed by atoms with E-state index in [2.05, 4.69) is 44.8 Å². The van der Waals surface area contributed by atoms with Crippen LogP contribution in [-0.2, 0) is 14.3 Å². The molecule has 0 spiro atoms. The number of piperidine rings is 2. The lowest BCUT2D eigenvalue weighted by Gasteiger charge is -2.33. The van der Waals surface area contributed by atoms with Gasteiger partial charge in [-0.2, -0.15) is 0 Å². The molecule has 0 atom stereocenters. The smallest absolute Gasteiger partial charge is 0.223 e. The van der Waals surface area contributed by atoms with Crippen LogP contribution in [0.2, 0.25) is 0 Å². The highest BCUT2D eigenvalue weighted by atomic mass is 16.5. The molecule has 0 bridgehead atoms. The summed E-state index contributed by atoms with van der Waals surface area (Å²) in [4.78, 5) is 26.6. The van der Waals surface area contributed by atoms with Gasteiger partial charge in [-0.15, -0.1) is 0 Å². The van der Waals surface area contributed by atoms with Crippen LogP contribution in [0, 0.1) is 17.8 Å². The maximum Gasteiger partial charge on any atom is 0.223 e. The van der Waals surface area contributed by atoms with Crippen LogP contribution >= 0.6 is 0 Å². The van der Waals surface area contributed by atoms with Gasteiger partial charge in [0, 0.05) is 38.2 Å². The first-order valence-corrected chi connectivity index (χ1v) is 11.7. The zero-order chi connectivity index (χ0) is 21.6. The first-order valence-electron chi connectivity index (χ1n) is 11.7. The van der Waals surface area contributed by atoms with Crippen molar-refractivity contribution in [1.82, 2.24) is 15.1 Å². The molecular weight excluding hydrogens is 366 g/mol. The summed E-state index contributed by atoms with van der Waals surface area (Å²) in [5.41, 5.74) is 0. The van der Waals surface area contributed by atoms with Gasteiger partial charge < -0.3 is 19.9 Å². The number of rotatable bonds is 9. The number of likely N-dealkylation sites (tertiary alicyclic amines) is 2. The van der Waals surface area contributed by atoms with Gasteiger partial charge in [0.05, 0.1) is 6.61 Å². The molecule has 2 aliphatic heterocycles. The zero-order valence-electron chi connectivity index (χ0n) is 19.5. The molecule has 2 heterocycles. The van der Waals surface area contributed by atoms with E-state index in [0.717, 1.165) is 70.3 Å². The van der Waals surface area contributed by atoms with Crippen LogP contribution < -0.4 is 5.32 Å². The maximum atomic E-state index is 11.9. The Labute approximate surface area is 178 Å². The highest BCUT2D eigenvalue weighted by Gasteiger charge is 2.25. The molecule has 29 heavy (non-hydrogen) atoms. The molecule has 1 N–H and O–H groups in total. The number of carbonyl (C=O) groups is 2. The van der Waals surface area contributed by atoms with E-state index in [1.165, 1.54) is 12.8 Å². The molecule has 0 radical (unpaired) electrons. The minimum atomic E-state index is 0.200. The Hall–Kier alpha value is -1.14. The molecule has 6 nitrogen and oxygen atoms in total. The van der Waals surface area contributed by atoms with Gasteiger partial charge >= 0.3 is 0 Å². The predicted octanol–water partition coefficient (Wildman–Crippen LogP) is 3.16. The van der Waals surface area contributed by atoms with Crippen molar-refractivity contribution in [3.8, 4) is 0 Å². The molecular formula is C23H45N3O3. The van der Waals surface area contributed by atoms with E-state index in [4.69, 9.17) is 4.74 Å². The molecule has 6 heteroatoms. The van der Waals surface area contributed by atoms with Crippen molar-refractivity contribution in [2.24, 2.45) is 17.8 Å². The number of ether oxygens (including phenoxy) is 1. The van der Waals surface area contributed by atoms with Gasteiger partial charge in [0.25, 0.3) is 0 Å². The Bertz CT molecular complexity index is 441. The average Bonchev–Trinajstić information content (AvgIpc) is 2.74. The summed E-state index contributed by atoms with van der Waals surface area (Å²) < 4.78 is 5.35. The van der Waals surface area contributed by atoms with Crippen LogP contribution in [0.25, 0.3) is 0 Å². The molecule has 2 rings (SSSR count). The minimum absolute atomic E-state index is 0.200. The number of hydrogen-bond donors (Lipinski definition) is 1. The SMILES string of the molecule is CC(C)C1CCN(C=O)CC1.CCCOCCNC(=O)C1CCN(C(C)C)CC1. The zero-order valence-corrected chi connectivity index (χ0v) is 19.5. The molecule has 0 unspecified atom stereocenters. The minimum Gasteiger partial charge on any atom is -0.380 e. The van der Waals surface area contributed by atoms with Gasteiger partial charge in [-0.1, -0.05) is 20.8 Å². The van der Waals surface area contributed by atoms with Crippen LogP contribution in [0.4, 0.5) is 0 Å².